The van der Waals surface area contributed by atoms with Crippen LogP contribution in [-0.2, 0) is 0 Å². The minimum atomic E-state index is 0.406. The van der Waals surface area contributed by atoms with Gasteiger partial charge in [0.05, 0.1) is 0 Å². The van der Waals surface area contributed by atoms with Gasteiger partial charge in [-0.2, -0.15) is 0 Å². The van der Waals surface area contributed by atoms with Crippen LogP contribution in [-0.4, -0.2) is 5.21 Å². The van der Waals surface area contributed by atoms with Crippen LogP contribution in [0.5, 0.6) is 0 Å². The largest absolute Gasteiger partial charge is 0.456 e. The van der Waals surface area contributed by atoms with E-state index in [4.69, 9.17) is 27.6 Å². The van der Waals surface area contributed by atoms with Gasteiger partial charge in [0.25, 0.3) is 0 Å². The van der Waals surface area contributed by atoms with Crippen LogP contribution < -0.4 is 5.36 Å². The van der Waals surface area contributed by atoms with Gasteiger partial charge in [-0.05, 0) is 48.9 Å². The van der Waals surface area contributed by atoms with E-state index in [1.807, 2.05) is 25.1 Å². The maximum Gasteiger partial charge on any atom is 0.137 e. The van der Waals surface area contributed by atoms with Gasteiger partial charge in [-0.25, -0.2) is 0 Å². The molecule has 5 heteroatoms. The van der Waals surface area contributed by atoms with Crippen LogP contribution >= 0.6 is 23.2 Å². The highest BCUT2D eigenvalue weighted by Crippen LogP contribution is 2.26. The van der Waals surface area contributed by atoms with Gasteiger partial charge in [-0.3, -0.25) is 0 Å². The standard InChI is InChI=1S/C16H11Cl2NO2/c1-9-6-16-12(7-13(9)18)14(19-20)8-15(21-16)10-2-4-11(17)5-3-10/h2-8,20H,1H3/b19-14-. The first kappa shape index (κ1) is 14.0. The molecule has 3 nitrogen and oxygen atoms in total. The Morgan fingerprint density at radius 1 is 1.05 bits per heavy atom. The Hall–Kier alpha value is -1.97. The topological polar surface area (TPSA) is 45.7 Å². The van der Waals surface area contributed by atoms with Crippen LogP contribution in [0.15, 0.2) is 52.0 Å². The lowest BCUT2D eigenvalue weighted by atomic mass is 10.1. The lowest BCUT2D eigenvalue weighted by Crippen LogP contribution is -2.03. The first-order valence-corrected chi connectivity index (χ1v) is 7.02. The van der Waals surface area contributed by atoms with Crippen molar-refractivity contribution in [2.75, 3.05) is 0 Å². The molecule has 0 aliphatic carbocycles. The second-order valence-corrected chi connectivity index (χ2v) is 5.54. The quantitative estimate of drug-likeness (QED) is 0.506. The molecular formula is C16H11Cl2NO2. The highest BCUT2D eigenvalue weighted by atomic mass is 35.5. The zero-order valence-electron chi connectivity index (χ0n) is 11.1. The number of hydrogen-bond donors (Lipinski definition) is 1. The molecule has 0 aliphatic rings. The summed E-state index contributed by atoms with van der Waals surface area (Å²) in [5.74, 6) is 0.591. The van der Waals surface area contributed by atoms with Gasteiger partial charge >= 0.3 is 0 Å². The minimum Gasteiger partial charge on any atom is -0.456 e. The fourth-order valence-electron chi connectivity index (χ4n) is 2.13. The van der Waals surface area contributed by atoms with Crippen molar-refractivity contribution in [3.63, 3.8) is 0 Å². The molecule has 0 saturated carbocycles. The number of nitrogens with zero attached hydrogens (tertiary/aromatic N) is 1. The molecule has 0 spiro atoms. The maximum absolute atomic E-state index is 9.23. The van der Waals surface area contributed by atoms with Gasteiger partial charge in [0, 0.05) is 27.1 Å². The Balaban J connectivity index is 2.31. The molecule has 1 N–H and O–H groups in total. The first-order valence-electron chi connectivity index (χ1n) is 6.26. The summed E-state index contributed by atoms with van der Waals surface area (Å²) in [6, 6.07) is 12.5. The number of fused-ring (bicyclic) bond motifs is 1. The van der Waals surface area contributed by atoms with E-state index in [0.717, 1.165) is 11.1 Å². The highest BCUT2D eigenvalue weighted by molar-refractivity contribution is 6.32. The van der Waals surface area contributed by atoms with E-state index in [-0.39, 0.29) is 0 Å². The molecule has 106 valence electrons. The monoisotopic (exact) mass is 319 g/mol. The molecule has 1 heterocycles. The minimum absolute atomic E-state index is 0.406. The van der Waals surface area contributed by atoms with Crippen molar-refractivity contribution in [2.45, 2.75) is 6.92 Å². The number of aryl methyl sites for hydroxylation is 1. The van der Waals surface area contributed by atoms with Crippen molar-refractivity contribution >= 4 is 34.2 Å². The molecule has 3 rings (SSSR count). The lowest BCUT2D eigenvalue weighted by molar-refractivity contribution is 0.302. The summed E-state index contributed by atoms with van der Waals surface area (Å²) in [6.07, 6.45) is 0. The van der Waals surface area contributed by atoms with Gasteiger partial charge in [0.1, 0.15) is 16.7 Å². The molecule has 2 aromatic carbocycles. The van der Waals surface area contributed by atoms with Crippen molar-refractivity contribution in [1.82, 2.24) is 0 Å². The Bertz CT molecular complexity index is 883. The zero-order chi connectivity index (χ0) is 15.0. The molecule has 1 aromatic heterocycles. The molecule has 0 saturated heterocycles. The molecule has 0 bridgehead atoms. The lowest BCUT2D eigenvalue weighted by Gasteiger charge is -2.06. The van der Waals surface area contributed by atoms with Gasteiger partial charge in [-0.1, -0.05) is 28.4 Å². The van der Waals surface area contributed by atoms with E-state index in [2.05, 4.69) is 5.16 Å². The molecule has 0 amide bonds. The summed E-state index contributed by atoms with van der Waals surface area (Å²) < 4.78 is 5.89. The fourth-order valence-corrected chi connectivity index (χ4v) is 2.42. The third kappa shape index (κ3) is 2.62. The van der Waals surface area contributed by atoms with Gasteiger partial charge < -0.3 is 9.62 Å². The molecule has 0 unspecified atom stereocenters. The second-order valence-electron chi connectivity index (χ2n) is 4.70. The fraction of sp³-hybridized carbons (Fsp3) is 0.0625. The van der Waals surface area contributed by atoms with Gasteiger partial charge in [0.15, 0.2) is 0 Å². The van der Waals surface area contributed by atoms with Crippen LogP contribution in [0.1, 0.15) is 5.56 Å². The molecule has 0 atom stereocenters. The smallest absolute Gasteiger partial charge is 0.137 e. The second kappa shape index (κ2) is 5.43. The van der Waals surface area contributed by atoms with E-state index >= 15 is 0 Å². The summed E-state index contributed by atoms with van der Waals surface area (Å²) in [6.45, 7) is 1.89. The first-order chi connectivity index (χ1) is 10.1. The number of benzene rings is 2. The molecule has 3 aromatic rings. The summed E-state index contributed by atoms with van der Waals surface area (Å²) in [4.78, 5) is 0. The Morgan fingerprint density at radius 2 is 1.76 bits per heavy atom. The average molecular weight is 320 g/mol. The van der Waals surface area contributed by atoms with Crippen molar-refractivity contribution in [3.05, 3.63) is 63.4 Å². The van der Waals surface area contributed by atoms with Gasteiger partial charge in [0.2, 0.25) is 0 Å². The van der Waals surface area contributed by atoms with E-state index in [1.54, 1.807) is 24.3 Å². The van der Waals surface area contributed by atoms with Crippen LogP contribution in [0.2, 0.25) is 10.0 Å². The summed E-state index contributed by atoms with van der Waals surface area (Å²) in [5.41, 5.74) is 2.35. The Kier molecular flexibility index (Phi) is 3.62. The summed E-state index contributed by atoms with van der Waals surface area (Å²) in [5, 5.41) is 14.9. The number of rotatable bonds is 1. The zero-order valence-corrected chi connectivity index (χ0v) is 12.6. The average Bonchev–Trinajstić information content (AvgIpc) is 2.48. The summed E-state index contributed by atoms with van der Waals surface area (Å²) >= 11 is 12.0. The third-order valence-corrected chi connectivity index (χ3v) is 3.92. The Morgan fingerprint density at radius 3 is 2.43 bits per heavy atom. The highest BCUT2D eigenvalue weighted by Gasteiger charge is 2.08. The van der Waals surface area contributed by atoms with Gasteiger partial charge in [-0.15, -0.1) is 0 Å². The predicted octanol–water partition coefficient (Wildman–Crippen LogP) is 5.00. The Labute approximate surface area is 131 Å². The maximum atomic E-state index is 9.23. The van der Waals surface area contributed by atoms with Crippen molar-refractivity contribution in [3.8, 4) is 11.3 Å². The summed E-state index contributed by atoms with van der Waals surface area (Å²) in [7, 11) is 0. The van der Waals surface area contributed by atoms with E-state index in [0.29, 0.717) is 32.1 Å². The molecular weight excluding hydrogens is 309 g/mol. The number of hydrogen-bond acceptors (Lipinski definition) is 3. The van der Waals surface area contributed by atoms with E-state index in [1.165, 1.54) is 0 Å². The molecule has 0 fully saturated rings. The molecule has 0 radical (unpaired) electrons. The van der Waals surface area contributed by atoms with Crippen molar-refractivity contribution in [2.24, 2.45) is 5.16 Å². The molecule has 21 heavy (non-hydrogen) atoms. The van der Waals surface area contributed by atoms with Crippen LogP contribution in [0.4, 0.5) is 0 Å². The van der Waals surface area contributed by atoms with E-state index < -0.39 is 0 Å². The normalized spacial score (nSPS) is 12.0. The SMILES string of the molecule is Cc1cc2oc(-c3ccc(Cl)cc3)c/c(=N/O)c2cc1Cl. The van der Waals surface area contributed by atoms with Crippen LogP contribution in [0.25, 0.3) is 22.3 Å². The van der Waals surface area contributed by atoms with Crippen LogP contribution in [0.3, 0.4) is 0 Å². The van der Waals surface area contributed by atoms with E-state index in [9.17, 15) is 5.21 Å². The van der Waals surface area contributed by atoms with Crippen molar-refractivity contribution in [1.29, 1.82) is 0 Å². The number of halogens is 2. The molecule has 0 aliphatic heterocycles. The van der Waals surface area contributed by atoms with Crippen molar-refractivity contribution < 1.29 is 9.62 Å². The van der Waals surface area contributed by atoms with Crippen LogP contribution in [0, 0.1) is 6.92 Å². The third-order valence-electron chi connectivity index (χ3n) is 3.26. The predicted molar refractivity (Wildman–Crippen MR) is 83.8 cm³/mol.